The largest absolute Gasteiger partial charge is 0.333 e. The van der Waals surface area contributed by atoms with Crippen LogP contribution in [-0.4, -0.2) is 15.8 Å². The van der Waals surface area contributed by atoms with Crippen molar-refractivity contribution >= 4 is 27.5 Å². The van der Waals surface area contributed by atoms with E-state index in [1.165, 1.54) is 27.4 Å². The van der Waals surface area contributed by atoms with Crippen molar-refractivity contribution in [2.75, 3.05) is 0 Å². The van der Waals surface area contributed by atoms with Gasteiger partial charge in [-0.25, -0.2) is 0 Å². The number of hydrazone groups is 1. The number of nitrogens with zero attached hydrogens (tertiary/aromatic N) is 2. The Morgan fingerprint density at radius 3 is 2.53 bits per heavy atom. The lowest BCUT2D eigenvalue weighted by atomic mass is 9.89. The van der Waals surface area contributed by atoms with Gasteiger partial charge in [-0.2, -0.15) is 5.10 Å². The number of hydrogen-bond acceptors (Lipinski definition) is 2. The van der Waals surface area contributed by atoms with Gasteiger partial charge in [0, 0.05) is 27.1 Å². The highest BCUT2D eigenvalue weighted by atomic mass is 15.4. The molecule has 2 heterocycles. The molecule has 0 radical (unpaired) electrons. The lowest BCUT2D eigenvalue weighted by Crippen LogP contribution is -2.34. The fraction of sp³-hybridized carbons (Fsp3) is 0.444. The molecule has 2 aromatic carbocycles. The molecule has 1 aromatic heterocycles. The van der Waals surface area contributed by atoms with Gasteiger partial charge in [-0.05, 0) is 37.5 Å². The Bertz CT molecular complexity index is 1210. The highest BCUT2D eigenvalue weighted by Crippen LogP contribution is 2.59. The van der Waals surface area contributed by atoms with Crippen LogP contribution in [0, 0.1) is 5.41 Å². The van der Waals surface area contributed by atoms with E-state index in [0.29, 0.717) is 0 Å². The molecule has 0 amide bonds. The zero-order valence-electron chi connectivity index (χ0n) is 19.1. The second-order valence-corrected chi connectivity index (χ2v) is 10.6. The maximum absolute atomic E-state index is 4.95. The zero-order valence-corrected chi connectivity index (χ0v) is 19.1. The monoisotopic (exact) mass is 399 g/mol. The van der Waals surface area contributed by atoms with Crippen LogP contribution in [0.2, 0.25) is 0 Å². The molecule has 1 fully saturated rings. The molecule has 0 saturated heterocycles. The van der Waals surface area contributed by atoms with E-state index in [4.69, 9.17) is 5.10 Å². The van der Waals surface area contributed by atoms with Gasteiger partial charge in [0.1, 0.15) is 0 Å². The van der Waals surface area contributed by atoms with E-state index in [1.54, 1.807) is 0 Å². The summed E-state index contributed by atoms with van der Waals surface area (Å²) < 4.78 is 2.59. The molecule has 3 unspecified atom stereocenters. The molecule has 0 spiro atoms. The third-order valence-corrected chi connectivity index (χ3v) is 7.54. The van der Waals surface area contributed by atoms with Crippen LogP contribution in [0.3, 0.4) is 0 Å². The SMILES string of the molecule is CCC1/C=C\C(C(C)(C)C)=N/NC2(C)CC2(C)c2cccc3c4ccccc4n1c23. The first kappa shape index (κ1) is 19.4. The molecule has 156 valence electrons. The fourth-order valence-corrected chi connectivity index (χ4v) is 5.31. The third-order valence-electron chi connectivity index (χ3n) is 7.54. The first-order valence-electron chi connectivity index (χ1n) is 11.3. The number of benzene rings is 2. The number of para-hydroxylation sites is 2. The van der Waals surface area contributed by atoms with E-state index in [0.717, 1.165) is 18.6 Å². The Morgan fingerprint density at radius 1 is 1.07 bits per heavy atom. The summed E-state index contributed by atoms with van der Waals surface area (Å²) >= 11 is 0. The van der Waals surface area contributed by atoms with Crippen LogP contribution in [0.15, 0.2) is 59.7 Å². The lowest BCUT2D eigenvalue weighted by molar-refractivity contribution is 0.481. The third kappa shape index (κ3) is 2.60. The second-order valence-electron chi connectivity index (χ2n) is 10.6. The molecule has 3 nitrogen and oxygen atoms in total. The molecular weight excluding hydrogens is 366 g/mol. The maximum atomic E-state index is 4.95. The lowest BCUT2D eigenvalue weighted by Gasteiger charge is -2.23. The number of rotatable bonds is 1. The molecule has 1 aliphatic heterocycles. The summed E-state index contributed by atoms with van der Waals surface area (Å²) in [6, 6.07) is 16.0. The predicted molar refractivity (Wildman–Crippen MR) is 128 cm³/mol. The number of nitrogens with one attached hydrogen (secondary N) is 1. The number of hydrogen-bond donors (Lipinski definition) is 1. The Morgan fingerprint density at radius 2 is 1.80 bits per heavy atom. The fourth-order valence-electron chi connectivity index (χ4n) is 5.31. The van der Waals surface area contributed by atoms with Gasteiger partial charge in [0.2, 0.25) is 0 Å². The van der Waals surface area contributed by atoms with E-state index in [9.17, 15) is 0 Å². The Hall–Kier alpha value is -2.55. The number of aromatic nitrogens is 1. The van der Waals surface area contributed by atoms with Gasteiger partial charge in [0.15, 0.2) is 0 Å². The summed E-state index contributed by atoms with van der Waals surface area (Å²) in [5, 5.41) is 7.66. The van der Waals surface area contributed by atoms with Crippen molar-refractivity contribution in [3.63, 3.8) is 0 Å². The van der Waals surface area contributed by atoms with Gasteiger partial charge in [0.05, 0.1) is 22.8 Å². The average molecular weight is 400 g/mol. The van der Waals surface area contributed by atoms with Crippen LogP contribution < -0.4 is 5.43 Å². The smallest absolute Gasteiger partial charge is 0.0654 e. The van der Waals surface area contributed by atoms with Crippen molar-refractivity contribution in [1.82, 2.24) is 9.99 Å². The van der Waals surface area contributed by atoms with E-state index in [-0.39, 0.29) is 22.4 Å². The summed E-state index contributed by atoms with van der Waals surface area (Å²) in [5.74, 6) is 0. The first-order valence-corrected chi connectivity index (χ1v) is 11.3. The van der Waals surface area contributed by atoms with Crippen LogP contribution in [0.4, 0.5) is 0 Å². The van der Waals surface area contributed by atoms with Gasteiger partial charge in [-0.1, -0.05) is 77.1 Å². The van der Waals surface area contributed by atoms with Crippen LogP contribution in [0.25, 0.3) is 21.8 Å². The van der Waals surface area contributed by atoms with Gasteiger partial charge in [-0.15, -0.1) is 0 Å². The molecule has 3 atom stereocenters. The van der Waals surface area contributed by atoms with Gasteiger partial charge in [0.25, 0.3) is 0 Å². The summed E-state index contributed by atoms with van der Waals surface area (Å²) in [6.07, 6.45) is 6.73. The van der Waals surface area contributed by atoms with Crippen LogP contribution in [-0.2, 0) is 5.41 Å². The normalized spacial score (nSPS) is 31.4. The molecule has 3 aromatic rings. The van der Waals surface area contributed by atoms with E-state index < -0.39 is 0 Å². The second kappa shape index (κ2) is 6.23. The van der Waals surface area contributed by atoms with Crippen LogP contribution >= 0.6 is 0 Å². The van der Waals surface area contributed by atoms with Gasteiger partial charge in [-0.3, -0.25) is 0 Å². The highest BCUT2D eigenvalue weighted by Gasteiger charge is 2.63. The van der Waals surface area contributed by atoms with Gasteiger partial charge >= 0.3 is 0 Å². The van der Waals surface area contributed by atoms with Crippen molar-refractivity contribution in [3.05, 3.63) is 60.2 Å². The first-order chi connectivity index (χ1) is 14.2. The molecule has 30 heavy (non-hydrogen) atoms. The Balaban J connectivity index is 1.88. The van der Waals surface area contributed by atoms with Crippen molar-refractivity contribution in [2.24, 2.45) is 10.5 Å². The highest BCUT2D eigenvalue weighted by molar-refractivity contribution is 6.10. The molecule has 1 N–H and O–H groups in total. The molecule has 2 aliphatic rings. The van der Waals surface area contributed by atoms with Crippen molar-refractivity contribution in [2.45, 2.75) is 71.4 Å². The number of allylic oxidation sites excluding steroid dienone is 2. The summed E-state index contributed by atoms with van der Waals surface area (Å²) in [4.78, 5) is 0. The number of fused-ring (bicyclic) bond motifs is 5. The summed E-state index contributed by atoms with van der Waals surface area (Å²) in [6.45, 7) is 13.7. The molecule has 0 bridgehead atoms. The van der Waals surface area contributed by atoms with E-state index in [1.807, 2.05) is 0 Å². The molecule has 1 saturated carbocycles. The minimum atomic E-state index is -0.0427. The topological polar surface area (TPSA) is 29.3 Å². The quantitative estimate of drug-likeness (QED) is 0.483. The van der Waals surface area contributed by atoms with E-state index >= 15 is 0 Å². The average Bonchev–Trinajstić information content (AvgIpc) is 3.11. The van der Waals surface area contributed by atoms with Crippen molar-refractivity contribution in [1.29, 1.82) is 0 Å². The standard InChI is InChI=1S/C27H33N3/c1-7-18-15-16-23(25(2,3)4)28-29-27(6)17-26(27,5)21-13-10-12-20-19-11-8-9-14-22(19)30(18)24(20)21/h8-16,18,29H,7,17H2,1-6H3/b16-15-,28-23+. The van der Waals surface area contributed by atoms with Crippen molar-refractivity contribution < 1.29 is 0 Å². The summed E-state index contributed by atoms with van der Waals surface area (Å²) in [7, 11) is 0. The van der Waals surface area contributed by atoms with Crippen molar-refractivity contribution in [3.8, 4) is 0 Å². The molecular formula is C27H33N3. The Labute approximate surface area is 179 Å². The molecule has 5 rings (SSSR count). The van der Waals surface area contributed by atoms with Crippen LogP contribution in [0.5, 0.6) is 0 Å². The zero-order chi connectivity index (χ0) is 21.3. The molecule has 3 heteroatoms. The van der Waals surface area contributed by atoms with Gasteiger partial charge < -0.3 is 9.99 Å². The molecule has 1 aliphatic carbocycles. The minimum Gasteiger partial charge on any atom is -0.333 e. The van der Waals surface area contributed by atoms with E-state index in [2.05, 4.69) is 106 Å². The van der Waals surface area contributed by atoms with Crippen LogP contribution in [0.1, 0.15) is 66.0 Å². The Kier molecular flexibility index (Phi) is 4.03. The maximum Gasteiger partial charge on any atom is 0.0654 e. The summed E-state index contributed by atoms with van der Waals surface area (Å²) in [5.41, 5.74) is 8.84. The minimum absolute atomic E-state index is 0.0155. The predicted octanol–water partition coefficient (Wildman–Crippen LogP) is 6.73.